The van der Waals surface area contributed by atoms with Gasteiger partial charge in [-0.2, -0.15) is 0 Å². The average molecular weight is 193 g/mol. The molecule has 0 rings (SSSR count). The van der Waals surface area contributed by atoms with Gasteiger partial charge in [0.1, 0.15) is 0 Å². The molecule has 0 aromatic rings. The molecule has 0 atom stereocenters. The summed E-state index contributed by atoms with van der Waals surface area (Å²) < 4.78 is 12.8. The fourth-order valence-electron chi connectivity index (χ4n) is 0.472. The third-order valence-corrected chi connectivity index (χ3v) is 3.09. The first kappa shape index (κ1) is 13.1. The Morgan fingerprint density at radius 3 is 1.60 bits per heavy atom. The Balaban J connectivity index is 0. The predicted molar refractivity (Wildman–Crippen MR) is 39.8 cm³/mol. The van der Waals surface area contributed by atoms with Gasteiger partial charge in [-0.1, -0.05) is 0 Å². The largest absolute Gasteiger partial charge is 0.391 e. The summed E-state index contributed by atoms with van der Waals surface area (Å²) in [6.45, 7) is 7.92. The molecule has 0 spiro atoms. The van der Waals surface area contributed by atoms with Gasteiger partial charge in [-0.25, -0.2) is 0 Å². The summed E-state index contributed by atoms with van der Waals surface area (Å²) >= 11 is 0. The molecule has 0 N–H and O–H groups in total. The van der Waals surface area contributed by atoms with E-state index < -0.39 is 8.84 Å². The van der Waals surface area contributed by atoms with Crippen molar-refractivity contribution >= 4 is 8.84 Å². The summed E-state index contributed by atoms with van der Waals surface area (Å²) in [7, 11) is 0.404. The van der Waals surface area contributed by atoms with Gasteiger partial charge >= 0.3 is 8.84 Å². The minimum Gasteiger partial charge on any atom is -0.376 e. The number of rotatable bonds is 1. The van der Waals surface area contributed by atoms with E-state index in [-0.39, 0.29) is 27.3 Å². The molecule has 58 valence electrons. The Kier molecular flexibility index (Phi) is 5.81. The minimum absolute atomic E-state index is 0. The van der Waals surface area contributed by atoms with Crippen LogP contribution in [-0.4, -0.2) is 26.0 Å². The van der Waals surface area contributed by atoms with E-state index in [4.69, 9.17) is 0 Å². The van der Waals surface area contributed by atoms with Crippen LogP contribution in [-0.2, 0) is 26.2 Å². The maximum absolute atomic E-state index is 10.9. The molecule has 0 saturated heterocycles. The van der Waals surface area contributed by atoms with Crippen molar-refractivity contribution in [3.8, 4) is 0 Å². The van der Waals surface area contributed by atoms with Crippen molar-refractivity contribution in [2.75, 3.05) is 7.05 Å². The zero-order chi connectivity index (χ0) is 7.65. The van der Waals surface area contributed by atoms with E-state index >= 15 is 0 Å². The molecular formula is C6H15NOSiTi. The van der Waals surface area contributed by atoms with Crippen molar-refractivity contribution < 1.29 is 26.2 Å². The van der Waals surface area contributed by atoms with Gasteiger partial charge in [0.15, 0.2) is 0 Å². The van der Waals surface area contributed by atoms with Crippen LogP contribution in [0.25, 0.3) is 0 Å². The molecule has 0 bridgehead atoms. The van der Waals surface area contributed by atoms with Gasteiger partial charge in [0.05, 0.1) is 0 Å². The van der Waals surface area contributed by atoms with Crippen LogP contribution in [0.4, 0.5) is 0 Å². The Hall–Kier alpha value is 0.531. The first-order chi connectivity index (χ1) is 3.85. The summed E-state index contributed by atoms with van der Waals surface area (Å²) in [6.07, 6.45) is 0. The molecule has 0 aliphatic heterocycles. The number of hydrogen-bond acceptors (Lipinski definition) is 1. The van der Waals surface area contributed by atoms with Crippen LogP contribution in [0.5, 0.6) is 0 Å². The minimum atomic E-state index is -1.49. The zero-order valence-electron chi connectivity index (χ0n) is 7.36. The van der Waals surface area contributed by atoms with E-state index in [0.29, 0.717) is 0 Å². The average Bonchev–Trinajstić information content (AvgIpc) is 1.62. The molecule has 0 aliphatic rings. The molecule has 10 heavy (non-hydrogen) atoms. The summed E-state index contributed by atoms with van der Waals surface area (Å²) in [5, 5.41) is 0. The van der Waals surface area contributed by atoms with Crippen molar-refractivity contribution in [1.82, 2.24) is 4.57 Å². The topological polar surface area (TPSA) is 20.3 Å². The Morgan fingerprint density at radius 2 is 1.60 bits per heavy atom. The molecule has 0 aliphatic carbocycles. The second kappa shape index (κ2) is 4.42. The van der Waals surface area contributed by atoms with Crippen molar-refractivity contribution in [3.63, 3.8) is 0 Å². The maximum atomic E-state index is 10.9. The maximum Gasteiger partial charge on any atom is 0.391 e. The summed E-state index contributed by atoms with van der Waals surface area (Å²) in [5.74, 6) is 0. The third-order valence-electron chi connectivity index (χ3n) is 1.48. The van der Waals surface area contributed by atoms with Gasteiger partial charge in [0, 0.05) is 34.3 Å². The van der Waals surface area contributed by atoms with Gasteiger partial charge < -0.3 is 9.03 Å². The van der Waals surface area contributed by atoms with Gasteiger partial charge in [-0.05, 0) is 27.3 Å². The summed E-state index contributed by atoms with van der Waals surface area (Å²) in [5.41, 5.74) is 0.0464. The standard InChI is InChI=1S/C6H15NOSi.Ti/c1-6(2,3)7(4)9(5)8;/h1-5H3;. The molecule has 0 amide bonds. The quantitative estimate of drug-likeness (QED) is 0.584. The summed E-state index contributed by atoms with van der Waals surface area (Å²) in [4.78, 5) is 0. The molecule has 0 aromatic carbocycles. The van der Waals surface area contributed by atoms with Crippen molar-refractivity contribution in [2.24, 2.45) is 0 Å². The normalized spacial score (nSPS) is 10.1. The van der Waals surface area contributed by atoms with E-state index in [1.165, 1.54) is 0 Å². The fourth-order valence-corrected chi connectivity index (χ4v) is 1.42. The van der Waals surface area contributed by atoms with Crippen LogP contribution in [0.2, 0.25) is 6.55 Å². The molecule has 0 heterocycles. The van der Waals surface area contributed by atoms with Crippen molar-refractivity contribution in [1.29, 1.82) is 0 Å². The zero-order valence-corrected chi connectivity index (χ0v) is 9.92. The van der Waals surface area contributed by atoms with E-state index in [9.17, 15) is 4.46 Å². The molecule has 0 radical (unpaired) electrons. The molecule has 4 heteroatoms. The Morgan fingerprint density at radius 1 is 1.30 bits per heavy atom. The SMILES string of the molecule is CN([Si](C)=O)C(C)(C)C.[Ti]. The second-order valence-electron chi connectivity index (χ2n) is 3.25. The first-order valence-electron chi connectivity index (χ1n) is 3.10. The van der Waals surface area contributed by atoms with E-state index in [0.717, 1.165) is 0 Å². The van der Waals surface area contributed by atoms with Crippen LogP contribution in [0, 0.1) is 0 Å². The smallest absolute Gasteiger partial charge is 0.376 e. The second-order valence-corrected chi connectivity index (χ2v) is 4.96. The van der Waals surface area contributed by atoms with Crippen LogP contribution in [0.15, 0.2) is 0 Å². The van der Waals surface area contributed by atoms with Crippen LogP contribution < -0.4 is 0 Å². The van der Waals surface area contributed by atoms with Gasteiger partial charge in [0.2, 0.25) is 0 Å². The third kappa shape index (κ3) is 4.36. The Bertz CT molecular complexity index is 121. The van der Waals surface area contributed by atoms with Crippen molar-refractivity contribution in [3.05, 3.63) is 0 Å². The molecule has 2 nitrogen and oxygen atoms in total. The van der Waals surface area contributed by atoms with Gasteiger partial charge in [-0.15, -0.1) is 0 Å². The van der Waals surface area contributed by atoms with Crippen LogP contribution in [0.1, 0.15) is 20.8 Å². The van der Waals surface area contributed by atoms with Gasteiger partial charge in [-0.3, -0.25) is 0 Å². The number of hydrogen-bond donors (Lipinski definition) is 0. The molecule has 0 fully saturated rings. The van der Waals surface area contributed by atoms with Gasteiger partial charge in [0.25, 0.3) is 0 Å². The molecule has 0 aromatic heterocycles. The monoisotopic (exact) mass is 193 g/mol. The van der Waals surface area contributed by atoms with Crippen molar-refractivity contribution in [2.45, 2.75) is 32.9 Å². The van der Waals surface area contributed by atoms with Crippen LogP contribution in [0.3, 0.4) is 0 Å². The molecule has 0 unspecified atom stereocenters. The van der Waals surface area contributed by atoms with Crippen LogP contribution >= 0.6 is 0 Å². The molecular weight excluding hydrogens is 178 g/mol. The Labute approximate surface area is 79.6 Å². The summed E-state index contributed by atoms with van der Waals surface area (Å²) in [6, 6.07) is 0. The number of nitrogens with zero attached hydrogens (tertiary/aromatic N) is 1. The van der Waals surface area contributed by atoms with E-state index in [1.54, 1.807) is 6.55 Å². The predicted octanol–water partition coefficient (Wildman–Crippen LogP) is 1.26. The van der Waals surface area contributed by atoms with E-state index in [2.05, 4.69) is 20.8 Å². The molecule has 0 saturated carbocycles. The first-order valence-corrected chi connectivity index (χ1v) is 4.95. The fraction of sp³-hybridized carbons (Fsp3) is 1.00. The van der Waals surface area contributed by atoms with E-state index in [1.807, 2.05) is 11.6 Å².